The van der Waals surface area contributed by atoms with Crippen LogP contribution in [-0.4, -0.2) is 7.25 Å². The molecule has 0 nitrogen and oxygen atoms in total. The van der Waals surface area contributed by atoms with E-state index in [1.165, 1.54) is 21.6 Å². The van der Waals surface area contributed by atoms with E-state index in [9.17, 15) is 17.3 Å². The third-order valence-electron chi connectivity index (χ3n) is 1.77. The van der Waals surface area contributed by atoms with Crippen LogP contribution < -0.4 is 0 Å². The van der Waals surface area contributed by atoms with Crippen LogP contribution in [0.5, 0.6) is 0 Å². The van der Waals surface area contributed by atoms with E-state index >= 15 is 0 Å². The summed E-state index contributed by atoms with van der Waals surface area (Å²) in [5.41, 5.74) is 0. The van der Waals surface area contributed by atoms with Crippen LogP contribution in [0.15, 0.2) is 70.5 Å². The van der Waals surface area contributed by atoms with Gasteiger partial charge in [0.2, 0.25) is 0 Å². The van der Waals surface area contributed by atoms with Crippen molar-refractivity contribution in [2.45, 2.75) is 9.79 Å². The first-order valence-electron chi connectivity index (χ1n) is 5.14. The highest BCUT2D eigenvalue weighted by Crippen LogP contribution is 2.10. The molecule has 0 saturated carbocycles. The summed E-state index contributed by atoms with van der Waals surface area (Å²) >= 11 is 1.28. The molecule has 96 valence electrons. The van der Waals surface area contributed by atoms with Gasteiger partial charge in [0.25, 0.3) is 0 Å². The lowest BCUT2D eigenvalue weighted by Gasteiger charge is -1.94. The molecule has 0 atom stereocenters. The first-order chi connectivity index (χ1) is 8.45. The van der Waals surface area contributed by atoms with Gasteiger partial charge in [-0.1, -0.05) is 36.4 Å². The first-order valence-corrected chi connectivity index (χ1v) is 6.04. The average molecular weight is 274 g/mol. The molecule has 0 spiro atoms. The Morgan fingerprint density at radius 3 is 1.17 bits per heavy atom. The van der Waals surface area contributed by atoms with Gasteiger partial charge >= 0.3 is 7.25 Å². The van der Waals surface area contributed by atoms with Crippen molar-refractivity contribution in [2.24, 2.45) is 0 Å². The SMILES string of the molecule is F[B-](F)(F)F.c1ccc([SH+]c2ccccc2)cc1. The van der Waals surface area contributed by atoms with E-state index in [0.29, 0.717) is 0 Å². The van der Waals surface area contributed by atoms with Crippen molar-refractivity contribution in [1.82, 2.24) is 0 Å². The van der Waals surface area contributed by atoms with Gasteiger partial charge in [0.1, 0.15) is 0 Å². The van der Waals surface area contributed by atoms with Crippen molar-refractivity contribution >= 4 is 19.0 Å². The molecule has 0 aliphatic rings. The number of benzene rings is 2. The average Bonchev–Trinajstić information content (AvgIpc) is 2.29. The Labute approximate surface area is 107 Å². The summed E-state index contributed by atoms with van der Waals surface area (Å²) in [6.07, 6.45) is 0. The van der Waals surface area contributed by atoms with Crippen molar-refractivity contribution in [1.29, 1.82) is 0 Å². The summed E-state index contributed by atoms with van der Waals surface area (Å²) in [5.74, 6) is 0. The van der Waals surface area contributed by atoms with Crippen LogP contribution in [0.4, 0.5) is 17.3 Å². The van der Waals surface area contributed by atoms with Crippen molar-refractivity contribution in [3.8, 4) is 0 Å². The van der Waals surface area contributed by atoms with Gasteiger partial charge < -0.3 is 17.3 Å². The summed E-state index contributed by atoms with van der Waals surface area (Å²) in [7, 11) is -6.00. The maximum Gasteiger partial charge on any atom is 0.673 e. The molecule has 2 aromatic carbocycles. The van der Waals surface area contributed by atoms with Gasteiger partial charge in [-0.15, -0.1) is 0 Å². The van der Waals surface area contributed by atoms with Gasteiger partial charge in [-0.3, -0.25) is 0 Å². The number of rotatable bonds is 2. The Bertz CT molecular complexity index is 401. The van der Waals surface area contributed by atoms with Crippen molar-refractivity contribution in [3.63, 3.8) is 0 Å². The first kappa shape index (κ1) is 14.6. The highest BCUT2D eigenvalue weighted by atomic mass is 32.2. The summed E-state index contributed by atoms with van der Waals surface area (Å²) in [6.45, 7) is 0. The molecule has 0 aliphatic carbocycles. The number of hydrogen-bond donors (Lipinski definition) is 0. The molecule has 0 N–H and O–H groups in total. The molecule has 0 aliphatic heterocycles. The largest absolute Gasteiger partial charge is 0.673 e. The number of hydrogen-bond acceptors (Lipinski definition) is 0. The third-order valence-corrected chi connectivity index (χ3v) is 2.88. The van der Waals surface area contributed by atoms with Crippen molar-refractivity contribution in [3.05, 3.63) is 60.7 Å². The molecule has 18 heavy (non-hydrogen) atoms. The fraction of sp³-hybridized carbons (Fsp3) is 0. The van der Waals surface area contributed by atoms with E-state index in [4.69, 9.17) is 0 Å². The quantitative estimate of drug-likeness (QED) is 0.333. The molecule has 2 rings (SSSR count). The molecule has 0 unspecified atom stereocenters. The minimum atomic E-state index is -6.00. The molecule has 0 heterocycles. The molecular weight excluding hydrogens is 263 g/mol. The zero-order valence-electron chi connectivity index (χ0n) is 9.31. The fourth-order valence-corrected chi connectivity index (χ4v) is 2.09. The number of halogens is 4. The monoisotopic (exact) mass is 274 g/mol. The molecule has 0 fully saturated rings. The smallest absolute Gasteiger partial charge is 0.418 e. The lowest BCUT2D eigenvalue weighted by molar-refractivity contribution is 0.368. The van der Waals surface area contributed by atoms with E-state index in [1.807, 2.05) is 12.1 Å². The van der Waals surface area contributed by atoms with E-state index < -0.39 is 7.25 Å². The second-order valence-corrected chi connectivity index (χ2v) is 4.53. The molecule has 0 bridgehead atoms. The van der Waals surface area contributed by atoms with Gasteiger partial charge in [0, 0.05) is 11.8 Å². The second kappa shape index (κ2) is 7.11. The maximum absolute atomic E-state index is 9.75. The lowest BCUT2D eigenvalue weighted by atomic mass is 10.3. The molecular formula is C12H11BF4S. The van der Waals surface area contributed by atoms with E-state index in [2.05, 4.69) is 48.5 Å². The standard InChI is InChI=1S/C12H10S.BF4/c1-3-7-11(8-4-1)13-12-9-5-2-6-10-12;2-1(3,4)5/h1-10H;/q;-1/p+1. The summed E-state index contributed by atoms with van der Waals surface area (Å²) in [4.78, 5) is 2.68. The van der Waals surface area contributed by atoms with Crippen LogP contribution >= 0.6 is 0 Å². The van der Waals surface area contributed by atoms with Gasteiger partial charge in [-0.2, -0.15) is 0 Å². The van der Waals surface area contributed by atoms with E-state index in [1.54, 1.807) is 0 Å². The Hall–Kier alpha value is -1.43. The zero-order valence-corrected chi connectivity index (χ0v) is 10.2. The summed E-state index contributed by atoms with van der Waals surface area (Å²) in [6, 6.07) is 21.0. The van der Waals surface area contributed by atoms with Crippen molar-refractivity contribution in [2.75, 3.05) is 0 Å². The fourth-order valence-electron chi connectivity index (χ4n) is 1.15. The lowest BCUT2D eigenvalue weighted by Crippen LogP contribution is -2.02. The van der Waals surface area contributed by atoms with Gasteiger partial charge in [0.15, 0.2) is 9.79 Å². The summed E-state index contributed by atoms with van der Waals surface area (Å²) in [5, 5.41) is 0. The molecule has 0 radical (unpaired) electrons. The van der Waals surface area contributed by atoms with Crippen molar-refractivity contribution < 1.29 is 17.3 Å². The molecule has 6 heteroatoms. The predicted octanol–water partition coefficient (Wildman–Crippen LogP) is 4.22. The van der Waals surface area contributed by atoms with Crippen LogP contribution in [-0.2, 0) is 11.8 Å². The Kier molecular flexibility index (Phi) is 5.78. The van der Waals surface area contributed by atoms with E-state index in [0.717, 1.165) is 0 Å². The van der Waals surface area contributed by atoms with Crippen LogP contribution in [0.2, 0.25) is 0 Å². The van der Waals surface area contributed by atoms with Gasteiger partial charge in [-0.05, 0) is 24.3 Å². The van der Waals surface area contributed by atoms with Crippen LogP contribution in [0.25, 0.3) is 0 Å². The minimum absolute atomic E-state index is 1.28. The Morgan fingerprint density at radius 2 is 0.889 bits per heavy atom. The van der Waals surface area contributed by atoms with Crippen LogP contribution in [0.1, 0.15) is 0 Å². The summed E-state index contributed by atoms with van der Waals surface area (Å²) < 4.78 is 39.0. The zero-order chi connectivity index (χ0) is 13.4. The van der Waals surface area contributed by atoms with Gasteiger partial charge in [-0.25, -0.2) is 0 Å². The van der Waals surface area contributed by atoms with Crippen LogP contribution in [0.3, 0.4) is 0 Å². The highest BCUT2D eigenvalue weighted by molar-refractivity contribution is 7.78. The molecule has 0 amide bonds. The Morgan fingerprint density at radius 1 is 0.611 bits per heavy atom. The predicted molar refractivity (Wildman–Crippen MR) is 68.4 cm³/mol. The molecule has 2 aromatic rings. The topological polar surface area (TPSA) is 0 Å². The highest BCUT2D eigenvalue weighted by Gasteiger charge is 2.20. The molecule has 0 saturated heterocycles. The van der Waals surface area contributed by atoms with Gasteiger partial charge in [0.05, 0.1) is 0 Å². The number of thiol groups is 1. The molecule has 0 aromatic heterocycles. The Balaban J connectivity index is 0.000000280. The normalized spacial score (nSPS) is 10.4. The van der Waals surface area contributed by atoms with E-state index in [-0.39, 0.29) is 0 Å². The minimum Gasteiger partial charge on any atom is -0.418 e. The third kappa shape index (κ3) is 7.78. The second-order valence-electron chi connectivity index (χ2n) is 3.28. The maximum atomic E-state index is 9.75. The van der Waals surface area contributed by atoms with Crippen LogP contribution in [0, 0.1) is 0 Å².